The highest BCUT2D eigenvalue weighted by Crippen LogP contribution is 2.20. The van der Waals surface area contributed by atoms with E-state index in [4.69, 9.17) is 0 Å². The number of nitrogens with zero attached hydrogens (tertiary/aromatic N) is 3. The van der Waals surface area contributed by atoms with E-state index in [1.165, 1.54) is 0 Å². The van der Waals surface area contributed by atoms with Gasteiger partial charge in [-0.05, 0) is 54.6 Å². The molecular formula is C24H26N4O. The summed E-state index contributed by atoms with van der Waals surface area (Å²) >= 11 is 0. The van der Waals surface area contributed by atoms with E-state index in [2.05, 4.69) is 32.3 Å². The Hall–Kier alpha value is -3.05. The highest BCUT2D eigenvalue weighted by Gasteiger charge is 2.21. The number of nitrogens with one attached hydrogen (secondary N) is 1. The van der Waals surface area contributed by atoms with Gasteiger partial charge in [0.15, 0.2) is 0 Å². The van der Waals surface area contributed by atoms with Crippen molar-refractivity contribution >= 4 is 5.91 Å². The number of likely N-dealkylation sites (tertiary alicyclic amines) is 1. The molecule has 0 aliphatic carbocycles. The lowest BCUT2D eigenvalue weighted by Crippen LogP contribution is -2.40. The normalized spacial score (nSPS) is 17.0. The minimum Gasteiger partial charge on any atom is -0.352 e. The molecule has 5 nitrogen and oxygen atoms in total. The third-order valence-electron chi connectivity index (χ3n) is 5.39. The zero-order valence-corrected chi connectivity index (χ0v) is 16.5. The van der Waals surface area contributed by atoms with Crippen LogP contribution in [0.4, 0.5) is 0 Å². The van der Waals surface area contributed by atoms with Crippen molar-refractivity contribution in [2.75, 3.05) is 19.6 Å². The van der Waals surface area contributed by atoms with Gasteiger partial charge in [-0.2, -0.15) is 0 Å². The van der Waals surface area contributed by atoms with Gasteiger partial charge in [-0.15, -0.1) is 0 Å². The molecule has 0 radical (unpaired) electrons. The van der Waals surface area contributed by atoms with E-state index in [-0.39, 0.29) is 5.91 Å². The number of carbonyl (C=O) groups is 1. The van der Waals surface area contributed by atoms with Crippen molar-refractivity contribution in [2.24, 2.45) is 5.92 Å². The second kappa shape index (κ2) is 9.43. The van der Waals surface area contributed by atoms with Crippen LogP contribution in [0.25, 0.3) is 11.1 Å². The lowest BCUT2D eigenvalue weighted by atomic mass is 9.97. The molecule has 1 fully saturated rings. The molecular weight excluding hydrogens is 360 g/mol. The van der Waals surface area contributed by atoms with E-state index in [1.54, 1.807) is 12.4 Å². The number of piperidine rings is 1. The van der Waals surface area contributed by atoms with Gasteiger partial charge in [0.05, 0.1) is 6.54 Å². The predicted molar refractivity (Wildman–Crippen MR) is 114 cm³/mol. The molecule has 0 spiro atoms. The summed E-state index contributed by atoms with van der Waals surface area (Å²) in [6.45, 7) is 3.49. The number of carbonyl (C=O) groups excluding carboxylic acids is 1. The Balaban J connectivity index is 1.29. The quantitative estimate of drug-likeness (QED) is 0.700. The first-order chi connectivity index (χ1) is 14.3. The van der Waals surface area contributed by atoms with Crippen LogP contribution in [-0.4, -0.2) is 40.4 Å². The summed E-state index contributed by atoms with van der Waals surface area (Å²) < 4.78 is 0. The van der Waals surface area contributed by atoms with Gasteiger partial charge in [0.1, 0.15) is 5.82 Å². The van der Waals surface area contributed by atoms with Crippen molar-refractivity contribution in [3.05, 3.63) is 84.4 Å². The SMILES string of the molecule is O=C(NC[C@H]1CCCN(Cc2ncccn2)C1)c1ccc(-c2ccccc2)cc1. The van der Waals surface area contributed by atoms with Crippen LogP contribution in [0.5, 0.6) is 0 Å². The minimum absolute atomic E-state index is 0.00636. The fourth-order valence-corrected chi connectivity index (χ4v) is 3.86. The van der Waals surface area contributed by atoms with Crippen LogP contribution in [0.2, 0.25) is 0 Å². The third-order valence-corrected chi connectivity index (χ3v) is 5.39. The molecule has 3 aromatic rings. The van der Waals surface area contributed by atoms with E-state index >= 15 is 0 Å². The average Bonchev–Trinajstić information content (AvgIpc) is 2.79. The van der Waals surface area contributed by atoms with Gasteiger partial charge >= 0.3 is 0 Å². The summed E-state index contributed by atoms with van der Waals surface area (Å²) in [4.78, 5) is 23.6. The fraction of sp³-hybridized carbons (Fsp3) is 0.292. The van der Waals surface area contributed by atoms with Crippen LogP contribution < -0.4 is 5.32 Å². The second-order valence-corrected chi connectivity index (χ2v) is 7.56. The number of rotatable bonds is 6. The van der Waals surface area contributed by atoms with Gasteiger partial charge in [0.2, 0.25) is 0 Å². The molecule has 2 heterocycles. The third kappa shape index (κ3) is 5.27. The fourth-order valence-electron chi connectivity index (χ4n) is 3.86. The zero-order chi connectivity index (χ0) is 19.9. The number of aromatic nitrogens is 2. The summed E-state index contributed by atoms with van der Waals surface area (Å²) in [5.41, 5.74) is 2.98. The van der Waals surface area contributed by atoms with E-state index in [0.29, 0.717) is 18.0 Å². The van der Waals surface area contributed by atoms with Crippen LogP contribution in [0.3, 0.4) is 0 Å². The molecule has 1 aliphatic heterocycles. The van der Waals surface area contributed by atoms with Crippen LogP contribution in [-0.2, 0) is 6.54 Å². The molecule has 1 aliphatic rings. The molecule has 1 saturated heterocycles. The van der Waals surface area contributed by atoms with Crippen molar-refractivity contribution in [3.8, 4) is 11.1 Å². The number of amides is 1. The van der Waals surface area contributed by atoms with Crippen molar-refractivity contribution in [1.82, 2.24) is 20.2 Å². The Morgan fingerprint density at radius 1 is 0.966 bits per heavy atom. The molecule has 0 bridgehead atoms. The largest absolute Gasteiger partial charge is 0.352 e. The van der Waals surface area contributed by atoms with Crippen LogP contribution >= 0.6 is 0 Å². The number of benzene rings is 2. The molecule has 1 aromatic heterocycles. The Kier molecular flexibility index (Phi) is 6.27. The van der Waals surface area contributed by atoms with Crippen molar-refractivity contribution in [2.45, 2.75) is 19.4 Å². The van der Waals surface area contributed by atoms with Crippen molar-refractivity contribution in [1.29, 1.82) is 0 Å². The van der Waals surface area contributed by atoms with Crippen LogP contribution in [0.15, 0.2) is 73.1 Å². The minimum atomic E-state index is -0.00636. The molecule has 29 heavy (non-hydrogen) atoms. The highest BCUT2D eigenvalue weighted by molar-refractivity contribution is 5.94. The molecule has 1 amide bonds. The summed E-state index contributed by atoms with van der Waals surface area (Å²) in [6.07, 6.45) is 5.85. The second-order valence-electron chi connectivity index (χ2n) is 7.56. The van der Waals surface area contributed by atoms with Crippen LogP contribution in [0.1, 0.15) is 29.0 Å². The Bertz CT molecular complexity index is 913. The average molecular weight is 386 g/mol. The predicted octanol–water partition coefficient (Wildman–Crippen LogP) is 3.79. The Morgan fingerprint density at radius 3 is 2.45 bits per heavy atom. The Labute approximate surface area is 171 Å². The number of hydrogen-bond donors (Lipinski definition) is 1. The van der Waals surface area contributed by atoms with E-state index in [9.17, 15) is 4.79 Å². The van der Waals surface area contributed by atoms with E-state index in [0.717, 1.165) is 49.4 Å². The lowest BCUT2D eigenvalue weighted by molar-refractivity contribution is 0.0930. The van der Waals surface area contributed by atoms with Crippen molar-refractivity contribution in [3.63, 3.8) is 0 Å². The first-order valence-electron chi connectivity index (χ1n) is 10.2. The van der Waals surface area contributed by atoms with Gasteiger partial charge in [-0.25, -0.2) is 9.97 Å². The maximum Gasteiger partial charge on any atom is 0.251 e. The maximum absolute atomic E-state index is 12.6. The van der Waals surface area contributed by atoms with Gasteiger partial charge in [-0.1, -0.05) is 42.5 Å². The summed E-state index contributed by atoms with van der Waals surface area (Å²) in [7, 11) is 0. The topological polar surface area (TPSA) is 58.1 Å². The van der Waals surface area contributed by atoms with E-state index in [1.807, 2.05) is 48.5 Å². The Morgan fingerprint density at radius 2 is 1.69 bits per heavy atom. The molecule has 4 rings (SSSR count). The van der Waals surface area contributed by atoms with Crippen LogP contribution in [0, 0.1) is 5.92 Å². The zero-order valence-electron chi connectivity index (χ0n) is 16.5. The lowest BCUT2D eigenvalue weighted by Gasteiger charge is -2.32. The monoisotopic (exact) mass is 386 g/mol. The van der Waals surface area contributed by atoms with Gasteiger partial charge in [0, 0.05) is 31.0 Å². The van der Waals surface area contributed by atoms with E-state index < -0.39 is 0 Å². The van der Waals surface area contributed by atoms with Gasteiger partial charge in [-0.3, -0.25) is 9.69 Å². The highest BCUT2D eigenvalue weighted by atomic mass is 16.1. The molecule has 1 atom stereocenters. The molecule has 0 saturated carbocycles. The number of hydrogen-bond acceptors (Lipinski definition) is 4. The summed E-state index contributed by atoms with van der Waals surface area (Å²) in [6, 6.07) is 19.8. The molecule has 2 aromatic carbocycles. The van der Waals surface area contributed by atoms with Gasteiger partial charge < -0.3 is 5.32 Å². The summed E-state index contributed by atoms with van der Waals surface area (Å²) in [5.74, 6) is 1.31. The first kappa shape index (κ1) is 19.3. The molecule has 1 N–H and O–H groups in total. The first-order valence-corrected chi connectivity index (χ1v) is 10.2. The molecule has 148 valence electrons. The molecule has 5 heteroatoms. The smallest absolute Gasteiger partial charge is 0.251 e. The molecule has 0 unspecified atom stereocenters. The van der Waals surface area contributed by atoms with Gasteiger partial charge in [0.25, 0.3) is 5.91 Å². The van der Waals surface area contributed by atoms with Crippen molar-refractivity contribution < 1.29 is 4.79 Å². The standard InChI is InChI=1S/C24H26N4O/c29-24(22-11-9-21(10-12-22)20-7-2-1-3-8-20)27-16-19-6-4-15-28(17-19)18-23-25-13-5-14-26-23/h1-3,5,7-14,19H,4,6,15-18H2,(H,27,29)/t19-/m1/s1. The summed E-state index contributed by atoms with van der Waals surface area (Å²) in [5, 5.41) is 3.12. The maximum atomic E-state index is 12.6.